The molecule has 0 radical (unpaired) electrons. The Hall–Kier alpha value is -0.433. The van der Waals surface area contributed by atoms with Crippen molar-refractivity contribution in [2.24, 2.45) is 23.2 Å². The molecule has 0 aromatic rings. The normalized spacial score (nSPS) is 48.4. The zero-order chi connectivity index (χ0) is 15.3. The number of esters is 1. The van der Waals surface area contributed by atoms with Gasteiger partial charge in [-0.3, -0.25) is 4.79 Å². The van der Waals surface area contributed by atoms with Crippen molar-refractivity contribution in [1.29, 1.82) is 4.29 Å². The standard InChI is InChI=1S/C12H20O5Si/c1-17-11(13)12-4-7-2-8(5-12)10(18(14,15)16)9(3-7)6-12/h7-10,14-16H,2-6H2,1H3/i14T,15T,16T. The zero-order valence-electron chi connectivity index (χ0n) is 13.4. The van der Waals surface area contributed by atoms with Crippen molar-refractivity contribution >= 4 is 14.8 Å². The smallest absolute Gasteiger partial charge is 0.469 e. The summed E-state index contributed by atoms with van der Waals surface area (Å²) in [6.07, 6.45) is 4.01. The van der Waals surface area contributed by atoms with Crippen molar-refractivity contribution < 1.29 is 23.9 Å². The van der Waals surface area contributed by atoms with Crippen LogP contribution >= 0.6 is 0 Å². The molecule has 0 aromatic carbocycles. The van der Waals surface area contributed by atoms with Gasteiger partial charge in [0.1, 0.15) is 0 Å². The predicted molar refractivity (Wildman–Crippen MR) is 64.2 cm³/mol. The zero-order valence-corrected chi connectivity index (χ0v) is 11.4. The van der Waals surface area contributed by atoms with E-state index in [0.717, 1.165) is 19.3 Å². The first kappa shape index (κ1) is 9.47. The van der Waals surface area contributed by atoms with Crippen LogP contribution in [0.5, 0.6) is 0 Å². The number of ether oxygens (including phenoxy) is 1. The Balaban J connectivity index is 1.91. The van der Waals surface area contributed by atoms with Gasteiger partial charge in [-0.2, -0.15) is 0 Å². The third-order valence-electron chi connectivity index (χ3n) is 5.30. The molecule has 5 nitrogen and oxygen atoms in total. The van der Waals surface area contributed by atoms with Gasteiger partial charge < -0.3 is 19.1 Å². The van der Waals surface area contributed by atoms with Gasteiger partial charge in [-0.25, -0.2) is 0 Å². The van der Waals surface area contributed by atoms with Crippen LogP contribution in [0.1, 0.15) is 32.1 Å². The maximum absolute atomic E-state index is 12.2. The molecule has 4 rings (SSSR count). The topological polar surface area (TPSA) is 87.0 Å². The summed E-state index contributed by atoms with van der Waals surface area (Å²) >= 11 is 0. The molecule has 4 aliphatic carbocycles. The van der Waals surface area contributed by atoms with Gasteiger partial charge in [0, 0.05) is 5.54 Å². The average Bonchev–Trinajstić information content (AvgIpc) is 2.49. The van der Waals surface area contributed by atoms with Crippen molar-refractivity contribution in [1.82, 2.24) is 0 Å². The highest BCUT2D eigenvalue weighted by atomic mass is 28.4. The Labute approximate surface area is 112 Å². The number of rotatable bonds is 5. The molecule has 18 heavy (non-hydrogen) atoms. The molecule has 0 saturated heterocycles. The average molecular weight is 278 g/mol. The van der Waals surface area contributed by atoms with Gasteiger partial charge in [-0.1, -0.05) is 0 Å². The minimum atomic E-state index is -3.65. The van der Waals surface area contributed by atoms with Crippen molar-refractivity contribution in [3.63, 3.8) is 0 Å². The van der Waals surface area contributed by atoms with Crippen LogP contribution in [0.4, 0.5) is 0 Å². The van der Waals surface area contributed by atoms with Crippen LogP contribution in [0.25, 0.3) is 0 Å². The van der Waals surface area contributed by atoms with E-state index in [-0.39, 0.29) is 23.3 Å². The maximum atomic E-state index is 12.2. The molecule has 0 heterocycles. The van der Waals surface area contributed by atoms with Gasteiger partial charge in [0.2, 0.25) is 0 Å². The molecule has 3 N–H and O–H groups in total. The summed E-state index contributed by atoms with van der Waals surface area (Å²) < 4.78 is 26.7. The number of carbonyl (C=O) groups is 1. The van der Waals surface area contributed by atoms with E-state index in [9.17, 15) is 4.79 Å². The van der Waals surface area contributed by atoms with Gasteiger partial charge in [0.05, 0.1) is 12.5 Å². The fraction of sp³-hybridized carbons (Fsp3) is 0.917. The number of methoxy groups -OCH3 is 1. The lowest BCUT2D eigenvalue weighted by molar-refractivity contribution is -0.169. The molecule has 6 heteroatoms. The van der Waals surface area contributed by atoms with Crippen molar-refractivity contribution in [2.45, 2.75) is 37.6 Å². The quantitative estimate of drug-likeness (QED) is 0.496. The Morgan fingerprint density at radius 2 is 1.89 bits per heavy atom. The number of hydrogen-bond acceptors (Lipinski definition) is 5. The Bertz CT molecular complexity index is 409. The highest BCUT2D eigenvalue weighted by molar-refractivity contribution is 6.58. The molecular formula is C12H20O5Si. The van der Waals surface area contributed by atoms with Crippen LogP contribution in [0.3, 0.4) is 0 Å². The molecule has 0 aromatic heterocycles. The Morgan fingerprint density at radius 1 is 1.28 bits per heavy atom. The molecule has 2 atom stereocenters. The van der Waals surface area contributed by atoms with Crippen LogP contribution in [0.15, 0.2) is 0 Å². The molecule has 0 amide bonds. The van der Waals surface area contributed by atoms with E-state index in [1.54, 1.807) is 0 Å². The maximum Gasteiger partial charge on any atom is 0.496 e. The highest BCUT2D eigenvalue weighted by Crippen LogP contribution is 2.65. The number of carbonyl (C=O) groups excluding carboxylic acids is 1. The van der Waals surface area contributed by atoms with Gasteiger partial charge in [0.25, 0.3) is 0 Å². The lowest BCUT2D eigenvalue weighted by Gasteiger charge is -2.59. The Morgan fingerprint density at radius 3 is 2.39 bits per heavy atom. The van der Waals surface area contributed by atoms with Crippen LogP contribution in [0, 0.1) is 23.2 Å². The summed E-state index contributed by atoms with van der Waals surface area (Å²) in [5, 5.41) is 0. The van der Waals surface area contributed by atoms with E-state index in [2.05, 4.69) is 14.4 Å². The van der Waals surface area contributed by atoms with Crippen LogP contribution in [-0.4, -0.2) is 40.6 Å². The largest absolute Gasteiger partial charge is 0.496 e. The Kier molecular flexibility index (Phi) is 1.99. The van der Waals surface area contributed by atoms with Gasteiger partial charge in [-0.05, 0) is 49.9 Å². The lowest BCUT2D eigenvalue weighted by Crippen LogP contribution is -2.59. The van der Waals surface area contributed by atoms with E-state index < -0.39 is 14.2 Å². The van der Waals surface area contributed by atoms with Gasteiger partial charge >= 0.3 is 14.8 Å². The monoisotopic (exact) mass is 278 g/mol. The second-order valence-corrected chi connectivity index (χ2v) is 8.24. The summed E-state index contributed by atoms with van der Waals surface area (Å²) in [4.78, 5) is 26.1. The third-order valence-corrected chi connectivity index (χ3v) is 7.06. The molecule has 102 valence electrons. The van der Waals surface area contributed by atoms with E-state index in [0.29, 0.717) is 18.8 Å². The number of hydrogen-bond donors (Lipinski definition) is 3. The van der Waals surface area contributed by atoms with Crippen molar-refractivity contribution in [3.05, 3.63) is 0 Å². The molecule has 4 bridgehead atoms. The molecule has 2 unspecified atom stereocenters. The van der Waals surface area contributed by atoms with E-state index in [1.165, 1.54) is 7.11 Å². The van der Waals surface area contributed by atoms with E-state index in [4.69, 9.17) is 9.03 Å². The summed E-state index contributed by atoms with van der Waals surface area (Å²) in [5.74, 6) is 0.510. The molecule has 0 spiro atoms. The second-order valence-electron chi connectivity index (χ2n) is 6.37. The summed E-state index contributed by atoms with van der Waals surface area (Å²) in [5.41, 5.74) is -0.673. The second kappa shape index (κ2) is 3.79. The van der Waals surface area contributed by atoms with Crippen LogP contribution in [-0.2, 0) is 9.53 Å². The van der Waals surface area contributed by atoms with Crippen molar-refractivity contribution in [3.8, 4) is 0 Å². The van der Waals surface area contributed by atoms with Crippen LogP contribution in [0.2, 0.25) is 5.54 Å². The highest BCUT2D eigenvalue weighted by Gasteiger charge is 2.64. The molecule has 4 saturated carbocycles. The molecule has 4 fully saturated rings. The minimum absolute atomic E-state index is 0.100. The molecule has 4 aliphatic rings. The minimum Gasteiger partial charge on any atom is -0.469 e. The lowest BCUT2D eigenvalue weighted by atomic mass is 9.49. The first-order chi connectivity index (χ1) is 10.0. The third kappa shape index (κ3) is 1.66. The fourth-order valence-corrected chi connectivity index (χ4v) is 6.73. The summed E-state index contributed by atoms with van der Waals surface area (Å²) in [6, 6.07) is 0. The van der Waals surface area contributed by atoms with E-state index >= 15 is 0 Å². The molecular weight excluding hydrogens is 252 g/mol. The first-order valence-electron chi connectivity index (χ1n) is 7.78. The van der Waals surface area contributed by atoms with Gasteiger partial charge in [0.15, 0.2) is 4.29 Å². The summed E-state index contributed by atoms with van der Waals surface area (Å²) in [7, 11) is -2.23. The van der Waals surface area contributed by atoms with Crippen molar-refractivity contribution in [2.75, 3.05) is 7.11 Å². The van der Waals surface area contributed by atoms with E-state index in [1.807, 2.05) is 0 Å². The summed E-state index contributed by atoms with van der Waals surface area (Å²) in [6.45, 7) is 0. The SMILES string of the molecule is [3H]O[Si](O[3H])(O[3H])C1C2CC3CC1CC(C(=O)OC)(C3)C2. The van der Waals surface area contributed by atoms with Crippen LogP contribution < -0.4 is 0 Å². The predicted octanol–water partition coefficient (Wildman–Crippen LogP) is 0.272. The fourth-order valence-electron chi connectivity index (χ4n) is 5.07. The molecule has 0 aliphatic heterocycles. The van der Waals surface area contributed by atoms with Gasteiger partial charge in [-0.15, -0.1) is 0 Å². The first-order valence-corrected chi connectivity index (χ1v) is 8.35.